The maximum atomic E-state index is 13.6. The molecule has 1 rings (SSSR count). The van der Waals surface area contributed by atoms with Crippen molar-refractivity contribution in [3.63, 3.8) is 0 Å². The van der Waals surface area contributed by atoms with E-state index in [1.54, 1.807) is 6.07 Å². The summed E-state index contributed by atoms with van der Waals surface area (Å²) in [6.07, 6.45) is -6.15. The molecule has 0 aliphatic carbocycles. The Labute approximate surface area is 135 Å². The fraction of sp³-hybridized carbons (Fsp3) is 0.400. The van der Waals surface area contributed by atoms with Gasteiger partial charge in [0.05, 0.1) is 13.7 Å². The normalized spacial score (nSPS) is 13.5. The number of esters is 2. The highest BCUT2D eigenvalue weighted by atomic mass is 19.4. The Balaban J connectivity index is 3.29. The topological polar surface area (TPSA) is 81.7 Å². The van der Waals surface area contributed by atoms with Crippen LogP contribution in [0.4, 0.5) is 13.2 Å². The van der Waals surface area contributed by atoms with E-state index in [1.165, 1.54) is 36.5 Å². The minimum atomic E-state index is -5.21. The lowest BCUT2D eigenvalue weighted by molar-refractivity contribution is -0.213. The fourth-order valence-electron chi connectivity index (χ4n) is 1.97. The quantitative estimate of drug-likeness (QED) is 0.643. The largest absolute Gasteiger partial charge is 0.467 e. The van der Waals surface area contributed by atoms with Crippen molar-refractivity contribution in [2.75, 3.05) is 13.7 Å². The first kappa shape index (κ1) is 19.5. The van der Waals surface area contributed by atoms with Crippen LogP contribution in [0.25, 0.3) is 0 Å². The first-order chi connectivity index (χ1) is 11.2. The number of benzene rings is 1. The third-order valence-electron chi connectivity index (χ3n) is 3.12. The van der Waals surface area contributed by atoms with E-state index >= 15 is 0 Å². The van der Waals surface area contributed by atoms with E-state index in [-0.39, 0.29) is 12.2 Å². The van der Waals surface area contributed by atoms with Gasteiger partial charge < -0.3 is 14.8 Å². The Morgan fingerprint density at radius 1 is 1.12 bits per heavy atom. The third kappa shape index (κ3) is 4.24. The number of alkyl halides is 3. The molecule has 0 heterocycles. The molecule has 1 N–H and O–H groups in total. The maximum absolute atomic E-state index is 13.6. The molecule has 6 nitrogen and oxygen atoms in total. The van der Waals surface area contributed by atoms with Gasteiger partial charge in [-0.1, -0.05) is 30.3 Å². The summed E-state index contributed by atoms with van der Waals surface area (Å²) in [5.41, 5.74) is -3.29. The molecule has 9 heteroatoms. The second kappa shape index (κ2) is 7.80. The number of methoxy groups -OCH3 is 1. The van der Waals surface area contributed by atoms with E-state index in [4.69, 9.17) is 0 Å². The van der Waals surface area contributed by atoms with E-state index < -0.39 is 36.0 Å². The van der Waals surface area contributed by atoms with E-state index in [9.17, 15) is 27.6 Å². The average Bonchev–Trinajstić information content (AvgIpc) is 2.53. The molecular weight excluding hydrogens is 331 g/mol. The molecule has 0 bridgehead atoms. The Kier molecular flexibility index (Phi) is 6.33. The van der Waals surface area contributed by atoms with Crippen LogP contribution in [0, 0.1) is 0 Å². The zero-order valence-electron chi connectivity index (χ0n) is 13.0. The van der Waals surface area contributed by atoms with Gasteiger partial charge in [-0.3, -0.25) is 4.79 Å². The molecule has 1 aromatic rings. The molecule has 1 amide bonds. The van der Waals surface area contributed by atoms with Crippen LogP contribution in [0.5, 0.6) is 0 Å². The molecule has 24 heavy (non-hydrogen) atoms. The van der Waals surface area contributed by atoms with Crippen LogP contribution in [0.1, 0.15) is 12.5 Å². The van der Waals surface area contributed by atoms with E-state index in [1.807, 2.05) is 0 Å². The molecular formula is C15H16F3NO5. The number of halogens is 3. The summed E-state index contributed by atoms with van der Waals surface area (Å²) in [5.74, 6) is -4.95. The molecule has 132 valence electrons. The molecule has 0 saturated heterocycles. The Hall–Kier alpha value is -2.58. The first-order valence-corrected chi connectivity index (χ1v) is 6.86. The Morgan fingerprint density at radius 2 is 1.71 bits per heavy atom. The van der Waals surface area contributed by atoms with Crippen LogP contribution in [0.15, 0.2) is 30.3 Å². The van der Waals surface area contributed by atoms with E-state index in [0.29, 0.717) is 0 Å². The van der Waals surface area contributed by atoms with Crippen LogP contribution in [-0.4, -0.2) is 43.3 Å². The van der Waals surface area contributed by atoms with Gasteiger partial charge in [-0.2, -0.15) is 13.2 Å². The van der Waals surface area contributed by atoms with Crippen molar-refractivity contribution >= 4 is 17.8 Å². The van der Waals surface area contributed by atoms with Crippen molar-refractivity contribution < 1.29 is 37.0 Å². The smallest absolute Gasteiger partial charge is 0.422 e. The number of rotatable bonds is 5. The fourth-order valence-corrected chi connectivity index (χ4v) is 1.97. The van der Waals surface area contributed by atoms with Crippen LogP contribution in [0.2, 0.25) is 0 Å². The highest BCUT2D eigenvalue weighted by Gasteiger charge is 2.63. The molecule has 0 spiro atoms. The molecule has 0 saturated carbocycles. The molecule has 0 fully saturated rings. The average molecular weight is 347 g/mol. The molecule has 1 atom stereocenters. The van der Waals surface area contributed by atoms with Crippen molar-refractivity contribution in [1.82, 2.24) is 5.32 Å². The van der Waals surface area contributed by atoms with Gasteiger partial charge in [-0.05, 0) is 12.5 Å². The predicted octanol–water partition coefficient (Wildman–Crippen LogP) is 1.38. The molecule has 0 radical (unpaired) electrons. The minimum Gasteiger partial charge on any atom is -0.467 e. The molecule has 1 unspecified atom stereocenters. The lowest BCUT2D eigenvalue weighted by Gasteiger charge is -2.33. The van der Waals surface area contributed by atoms with Crippen molar-refractivity contribution in [3.8, 4) is 0 Å². The molecule has 0 aliphatic heterocycles. The van der Waals surface area contributed by atoms with Gasteiger partial charge in [0.2, 0.25) is 5.54 Å². The zero-order valence-corrected chi connectivity index (χ0v) is 13.0. The van der Waals surface area contributed by atoms with Crippen LogP contribution >= 0.6 is 0 Å². The van der Waals surface area contributed by atoms with Crippen LogP contribution < -0.4 is 5.32 Å². The number of hydrogen-bond donors (Lipinski definition) is 1. The molecule has 0 aliphatic rings. The van der Waals surface area contributed by atoms with Crippen molar-refractivity contribution in [3.05, 3.63) is 35.9 Å². The summed E-state index contributed by atoms with van der Waals surface area (Å²) in [4.78, 5) is 35.0. The van der Waals surface area contributed by atoms with Gasteiger partial charge in [0.15, 0.2) is 0 Å². The summed E-state index contributed by atoms with van der Waals surface area (Å²) < 4.78 is 49.5. The molecule has 1 aromatic carbocycles. The lowest BCUT2D eigenvalue weighted by atomic mass is 9.89. The SMILES string of the molecule is CCOC(=O)C(=O)NC(Cc1ccccc1)(C(=O)OC)C(F)(F)F. The summed E-state index contributed by atoms with van der Waals surface area (Å²) in [6, 6.07) is 7.22. The van der Waals surface area contributed by atoms with Gasteiger partial charge >= 0.3 is 24.0 Å². The van der Waals surface area contributed by atoms with Crippen molar-refractivity contribution in [2.24, 2.45) is 0 Å². The maximum Gasteiger partial charge on any atom is 0.422 e. The van der Waals surface area contributed by atoms with Crippen LogP contribution in [-0.2, 0) is 30.3 Å². The number of hydrogen-bond acceptors (Lipinski definition) is 5. The summed E-state index contributed by atoms with van der Waals surface area (Å²) in [5, 5.41) is 1.44. The van der Waals surface area contributed by atoms with Crippen molar-refractivity contribution in [1.29, 1.82) is 0 Å². The van der Waals surface area contributed by atoms with Crippen molar-refractivity contribution in [2.45, 2.75) is 25.1 Å². The Bertz CT molecular complexity index is 603. The molecule has 0 aromatic heterocycles. The predicted molar refractivity (Wildman–Crippen MR) is 75.7 cm³/mol. The number of nitrogens with one attached hydrogen (secondary N) is 1. The number of amides is 1. The number of carbonyl (C=O) groups is 3. The minimum absolute atomic E-state index is 0.115. The zero-order chi connectivity index (χ0) is 18.4. The highest BCUT2D eigenvalue weighted by Crippen LogP contribution is 2.34. The van der Waals surface area contributed by atoms with Crippen LogP contribution in [0.3, 0.4) is 0 Å². The van der Waals surface area contributed by atoms with Gasteiger partial charge in [-0.15, -0.1) is 0 Å². The monoisotopic (exact) mass is 347 g/mol. The highest BCUT2D eigenvalue weighted by molar-refractivity contribution is 6.33. The number of ether oxygens (including phenoxy) is 2. The Morgan fingerprint density at radius 3 is 2.17 bits per heavy atom. The second-order valence-corrected chi connectivity index (χ2v) is 4.73. The van der Waals surface area contributed by atoms with Gasteiger partial charge in [0.1, 0.15) is 0 Å². The van der Waals surface area contributed by atoms with Gasteiger partial charge in [-0.25, -0.2) is 9.59 Å². The first-order valence-electron chi connectivity index (χ1n) is 6.86. The van der Waals surface area contributed by atoms with Gasteiger partial charge in [0, 0.05) is 6.42 Å². The van der Waals surface area contributed by atoms with Gasteiger partial charge in [0.25, 0.3) is 0 Å². The van der Waals surface area contributed by atoms with E-state index in [2.05, 4.69) is 9.47 Å². The summed E-state index contributed by atoms with van der Waals surface area (Å²) in [7, 11) is 0.754. The standard InChI is InChI=1S/C15H16F3NO5/c1-3-24-12(21)11(20)19-14(13(22)23-2,15(16,17)18)9-10-7-5-4-6-8-10/h4-8H,3,9H2,1-2H3,(H,19,20). The summed E-state index contributed by atoms with van der Waals surface area (Å²) >= 11 is 0. The second-order valence-electron chi connectivity index (χ2n) is 4.73. The summed E-state index contributed by atoms with van der Waals surface area (Å²) in [6.45, 7) is 1.18. The van der Waals surface area contributed by atoms with E-state index in [0.717, 1.165) is 7.11 Å². The lowest BCUT2D eigenvalue weighted by Crippen LogP contribution is -2.66. The number of carbonyl (C=O) groups excluding carboxylic acids is 3. The third-order valence-corrected chi connectivity index (χ3v) is 3.12.